The van der Waals surface area contributed by atoms with Crippen molar-refractivity contribution in [3.63, 3.8) is 0 Å². The summed E-state index contributed by atoms with van der Waals surface area (Å²) in [5, 5.41) is 25.8. The molecule has 0 rings (SSSR count). The first-order valence-electron chi connectivity index (χ1n) is 9.29. The molecule has 0 aliphatic carbocycles. The number of rotatable bonds is 14. The van der Waals surface area contributed by atoms with E-state index in [0.29, 0.717) is 6.42 Å². The number of hydrogen-bond donors (Lipinski definition) is 10. The molecule has 0 aliphatic heterocycles. The van der Waals surface area contributed by atoms with E-state index >= 15 is 0 Å². The van der Waals surface area contributed by atoms with Crippen molar-refractivity contribution in [3.8, 4) is 0 Å². The molecular formula is C16H31N7O6S2. The summed E-state index contributed by atoms with van der Waals surface area (Å²) in [6, 6.07) is -4.88. The van der Waals surface area contributed by atoms with Gasteiger partial charge in [-0.3, -0.25) is 19.4 Å². The number of nitrogens with two attached hydrogens (primary N) is 3. The van der Waals surface area contributed by atoms with Gasteiger partial charge in [-0.05, 0) is 19.8 Å². The highest BCUT2D eigenvalue weighted by molar-refractivity contribution is 7.80. The predicted octanol–water partition coefficient (Wildman–Crippen LogP) is -3.85. The molecule has 0 aromatic rings. The topological polar surface area (TPSA) is 235 Å². The van der Waals surface area contributed by atoms with Crippen LogP contribution in [0, 0.1) is 0 Å². The maximum Gasteiger partial charge on any atom is 0.327 e. The van der Waals surface area contributed by atoms with Crippen LogP contribution in [-0.4, -0.2) is 88.2 Å². The lowest BCUT2D eigenvalue weighted by Crippen LogP contribution is -2.60. The highest BCUT2D eigenvalue weighted by atomic mass is 32.1. The van der Waals surface area contributed by atoms with Crippen LogP contribution in [0.4, 0.5) is 0 Å². The fraction of sp³-hybridized carbons (Fsp3) is 0.688. The van der Waals surface area contributed by atoms with Crippen molar-refractivity contribution in [2.24, 2.45) is 22.2 Å². The Bertz CT molecular complexity index is 660. The number of nitrogens with one attached hydrogen (secondary N) is 3. The first-order valence-corrected chi connectivity index (χ1v) is 10.6. The van der Waals surface area contributed by atoms with Gasteiger partial charge in [0, 0.05) is 18.1 Å². The molecule has 11 N–H and O–H groups in total. The number of carboxylic acids is 1. The summed E-state index contributed by atoms with van der Waals surface area (Å²) in [6.07, 6.45) is -0.681. The molecule has 0 aliphatic rings. The van der Waals surface area contributed by atoms with E-state index in [1.54, 1.807) is 0 Å². The third-order valence-corrected chi connectivity index (χ3v) is 4.71. The fourth-order valence-corrected chi connectivity index (χ4v) is 2.73. The quantitative estimate of drug-likeness (QED) is 0.0505. The standard InChI is InChI=1S/C16H31N7O6S2/c1-7(24)11(23-12(25)8(17)3-2-4-20-16(18)19)14(27)21-9(5-30)13(26)22-10(6-31)15(28)29/h7-11,24,30-31H,2-6,17H2,1H3,(H,21,27)(H,22,26)(H,23,25)(H,28,29)(H4,18,19,20). The van der Waals surface area contributed by atoms with Gasteiger partial charge in [0.05, 0.1) is 12.1 Å². The minimum absolute atomic E-state index is 0.0873. The maximum atomic E-state index is 12.5. The van der Waals surface area contributed by atoms with Crippen LogP contribution in [0.3, 0.4) is 0 Å². The van der Waals surface area contributed by atoms with Gasteiger partial charge in [-0.15, -0.1) is 0 Å². The lowest BCUT2D eigenvalue weighted by molar-refractivity contribution is -0.141. The molecule has 0 bridgehead atoms. The van der Waals surface area contributed by atoms with E-state index in [1.807, 2.05) is 0 Å². The van der Waals surface area contributed by atoms with Crippen LogP contribution in [0.1, 0.15) is 19.8 Å². The minimum atomic E-state index is -1.41. The van der Waals surface area contributed by atoms with Gasteiger partial charge in [-0.2, -0.15) is 25.3 Å². The lowest BCUT2D eigenvalue weighted by atomic mass is 10.1. The maximum absolute atomic E-state index is 12.5. The van der Waals surface area contributed by atoms with Crippen molar-refractivity contribution in [3.05, 3.63) is 0 Å². The normalized spacial score (nSPS) is 15.5. The molecule has 0 heterocycles. The Kier molecular flexibility index (Phi) is 13.7. The van der Waals surface area contributed by atoms with Crippen molar-refractivity contribution in [1.82, 2.24) is 16.0 Å². The molecule has 3 amide bonds. The molecule has 31 heavy (non-hydrogen) atoms. The van der Waals surface area contributed by atoms with Crippen molar-refractivity contribution in [1.29, 1.82) is 0 Å². The number of aliphatic carboxylic acids is 1. The summed E-state index contributed by atoms with van der Waals surface area (Å²) in [6.45, 7) is 1.54. The molecule has 0 fully saturated rings. The van der Waals surface area contributed by atoms with E-state index in [9.17, 15) is 24.3 Å². The van der Waals surface area contributed by atoms with Gasteiger partial charge in [0.25, 0.3) is 0 Å². The average molecular weight is 482 g/mol. The third-order valence-electron chi connectivity index (χ3n) is 3.98. The number of carboxylic acid groups (broad SMARTS) is 1. The van der Waals surface area contributed by atoms with Crippen molar-refractivity contribution >= 4 is 54.9 Å². The molecule has 0 spiro atoms. The number of aliphatic hydroxyl groups is 1. The molecule has 15 heteroatoms. The Morgan fingerprint density at radius 2 is 1.52 bits per heavy atom. The zero-order chi connectivity index (χ0) is 24.1. The predicted molar refractivity (Wildman–Crippen MR) is 121 cm³/mol. The van der Waals surface area contributed by atoms with E-state index in [2.05, 4.69) is 46.2 Å². The molecule has 0 saturated carbocycles. The van der Waals surface area contributed by atoms with Gasteiger partial charge in [-0.1, -0.05) is 0 Å². The number of aliphatic imine (C=N–C) groups is 1. The largest absolute Gasteiger partial charge is 0.480 e. The highest BCUT2D eigenvalue weighted by Gasteiger charge is 2.31. The summed E-state index contributed by atoms with van der Waals surface area (Å²) < 4.78 is 0. The Labute approximate surface area is 190 Å². The van der Waals surface area contributed by atoms with Gasteiger partial charge >= 0.3 is 5.97 Å². The summed E-state index contributed by atoms with van der Waals surface area (Å²) in [4.78, 5) is 51.8. The number of amides is 3. The fourth-order valence-electron chi connectivity index (χ4n) is 2.23. The molecule has 5 unspecified atom stereocenters. The summed E-state index contributed by atoms with van der Waals surface area (Å²) in [7, 11) is 0. The molecule has 0 radical (unpaired) electrons. The van der Waals surface area contributed by atoms with Crippen LogP contribution in [0.25, 0.3) is 0 Å². The molecule has 178 valence electrons. The van der Waals surface area contributed by atoms with Crippen LogP contribution < -0.4 is 33.2 Å². The van der Waals surface area contributed by atoms with Crippen LogP contribution in [0.5, 0.6) is 0 Å². The van der Waals surface area contributed by atoms with Gasteiger partial charge in [0.2, 0.25) is 17.7 Å². The Hall–Kier alpha value is -2.23. The van der Waals surface area contributed by atoms with Crippen molar-refractivity contribution < 1.29 is 29.4 Å². The first kappa shape index (κ1) is 28.8. The van der Waals surface area contributed by atoms with Crippen LogP contribution >= 0.6 is 25.3 Å². The second-order valence-corrected chi connectivity index (χ2v) is 7.34. The molecule has 5 atom stereocenters. The zero-order valence-corrected chi connectivity index (χ0v) is 18.8. The van der Waals surface area contributed by atoms with E-state index in [1.165, 1.54) is 6.92 Å². The van der Waals surface area contributed by atoms with Crippen LogP contribution in [-0.2, 0) is 19.2 Å². The van der Waals surface area contributed by atoms with Crippen molar-refractivity contribution in [2.45, 2.75) is 50.0 Å². The van der Waals surface area contributed by atoms with Crippen LogP contribution in [0.15, 0.2) is 4.99 Å². The minimum Gasteiger partial charge on any atom is -0.480 e. The molecule has 13 nitrogen and oxygen atoms in total. The lowest BCUT2D eigenvalue weighted by Gasteiger charge is -2.25. The van der Waals surface area contributed by atoms with Gasteiger partial charge in [-0.25, -0.2) is 4.79 Å². The van der Waals surface area contributed by atoms with E-state index < -0.39 is 54.0 Å². The molecular weight excluding hydrogens is 450 g/mol. The number of thiol groups is 2. The number of hydrogen-bond acceptors (Lipinski definition) is 9. The summed E-state index contributed by atoms with van der Waals surface area (Å²) in [5.74, 6) is -4.09. The van der Waals surface area contributed by atoms with E-state index in [-0.39, 0.29) is 30.4 Å². The van der Waals surface area contributed by atoms with Crippen LogP contribution in [0.2, 0.25) is 0 Å². The smallest absolute Gasteiger partial charge is 0.327 e. The second kappa shape index (κ2) is 14.7. The molecule has 0 aromatic heterocycles. The average Bonchev–Trinajstić information content (AvgIpc) is 2.69. The monoisotopic (exact) mass is 481 g/mol. The van der Waals surface area contributed by atoms with Crippen molar-refractivity contribution in [2.75, 3.05) is 18.1 Å². The first-order chi connectivity index (χ1) is 14.4. The number of aliphatic hydroxyl groups excluding tert-OH is 1. The van der Waals surface area contributed by atoms with Gasteiger partial charge in [0.1, 0.15) is 18.1 Å². The summed E-state index contributed by atoms with van der Waals surface area (Å²) >= 11 is 7.82. The SMILES string of the molecule is CC(O)C(NC(=O)C(N)CCCN=C(N)N)C(=O)NC(CS)C(=O)NC(CS)C(=O)O. The second-order valence-electron chi connectivity index (χ2n) is 6.61. The zero-order valence-electron chi connectivity index (χ0n) is 17.0. The molecule has 0 saturated heterocycles. The number of carbonyl (C=O) groups excluding carboxylic acids is 3. The summed E-state index contributed by atoms with van der Waals surface area (Å²) in [5.41, 5.74) is 16.2. The Morgan fingerprint density at radius 3 is 1.97 bits per heavy atom. The molecule has 0 aromatic carbocycles. The number of guanidine groups is 1. The highest BCUT2D eigenvalue weighted by Crippen LogP contribution is 2.01. The van der Waals surface area contributed by atoms with Gasteiger partial charge < -0.3 is 43.4 Å². The van der Waals surface area contributed by atoms with Gasteiger partial charge in [0.15, 0.2) is 5.96 Å². The number of nitrogens with zero attached hydrogens (tertiary/aromatic N) is 1. The third kappa shape index (κ3) is 11.1. The number of carbonyl (C=O) groups is 4. The van der Waals surface area contributed by atoms with E-state index in [0.717, 1.165) is 0 Å². The Balaban J connectivity index is 4.97. The van der Waals surface area contributed by atoms with E-state index in [4.69, 9.17) is 22.3 Å². The Morgan fingerprint density at radius 1 is 0.968 bits per heavy atom.